The maximum Gasteiger partial charge on any atom is 0.407 e. The highest BCUT2D eigenvalue weighted by atomic mass is 19.4. The molecule has 116 valence electrons. The van der Waals surface area contributed by atoms with Gasteiger partial charge in [-0.1, -0.05) is 0 Å². The Hall–Kier alpha value is -1.94. The maximum atomic E-state index is 12.3. The SMILES string of the molecule is COC(=O)C(C(=O)OC)=C(O)C(C(F)(F)F)C(F)(F)F. The van der Waals surface area contributed by atoms with Crippen LogP contribution < -0.4 is 0 Å². The van der Waals surface area contributed by atoms with Crippen LogP contribution in [0.15, 0.2) is 11.3 Å². The number of ether oxygens (including phenoxy) is 2. The number of carbonyl (C=O) groups excluding carboxylic acids is 2. The van der Waals surface area contributed by atoms with E-state index in [9.17, 15) is 35.9 Å². The van der Waals surface area contributed by atoms with Gasteiger partial charge in [0.1, 0.15) is 5.76 Å². The van der Waals surface area contributed by atoms with Crippen molar-refractivity contribution in [2.75, 3.05) is 14.2 Å². The fourth-order valence-corrected chi connectivity index (χ4v) is 1.14. The zero-order valence-corrected chi connectivity index (χ0v) is 9.93. The lowest BCUT2D eigenvalue weighted by atomic mass is 10.0. The Morgan fingerprint density at radius 1 is 0.900 bits per heavy atom. The van der Waals surface area contributed by atoms with Gasteiger partial charge in [0.2, 0.25) is 5.92 Å². The minimum Gasteiger partial charge on any atom is -0.510 e. The van der Waals surface area contributed by atoms with Crippen molar-refractivity contribution >= 4 is 11.9 Å². The van der Waals surface area contributed by atoms with Crippen LogP contribution in [-0.2, 0) is 19.1 Å². The number of halogens is 6. The van der Waals surface area contributed by atoms with Crippen LogP contribution in [0.5, 0.6) is 0 Å². The average molecular weight is 310 g/mol. The molecular weight excluding hydrogens is 302 g/mol. The van der Waals surface area contributed by atoms with E-state index in [0.717, 1.165) is 0 Å². The number of allylic oxidation sites excluding steroid dienone is 1. The summed E-state index contributed by atoms with van der Waals surface area (Å²) < 4.78 is 81.7. The Morgan fingerprint density at radius 2 is 1.20 bits per heavy atom. The highest BCUT2D eigenvalue weighted by molar-refractivity contribution is 6.14. The van der Waals surface area contributed by atoms with Crippen LogP contribution >= 0.6 is 0 Å². The monoisotopic (exact) mass is 310 g/mol. The first-order chi connectivity index (χ1) is 8.87. The first kappa shape index (κ1) is 18.1. The van der Waals surface area contributed by atoms with Crippen molar-refractivity contribution in [2.45, 2.75) is 12.4 Å². The van der Waals surface area contributed by atoms with Gasteiger partial charge in [0.25, 0.3) is 0 Å². The Morgan fingerprint density at radius 3 is 1.40 bits per heavy atom. The Labute approximate surface area is 107 Å². The van der Waals surface area contributed by atoms with Crippen LogP contribution in [0.2, 0.25) is 0 Å². The molecule has 0 saturated heterocycles. The van der Waals surface area contributed by atoms with Crippen molar-refractivity contribution in [3.05, 3.63) is 11.3 Å². The molecule has 0 radical (unpaired) electrons. The summed E-state index contributed by atoms with van der Waals surface area (Å²) in [6, 6.07) is 0. The summed E-state index contributed by atoms with van der Waals surface area (Å²) in [4.78, 5) is 22.1. The lowest BCUT2D eigenvalue weighted by Crippen LogP contribution is -2.39. The summed E-state index contributed by atoms with van der Waals surface area (Å²) in [5.41, 5.74) is -1.88. The minimum absolute atomic E-state index is 0.592. The van der Waals surface area contributed by atoms with E-state index in [1.165, 1.54) is 0 Å². The number of aliphatic hydroxyl groups is 1. The van der Waals surface area contributed by atoms with E-state index in [0.29, 0.717) is 14.2 Å². The zero-order valence-electron chi connectivity index (χ0n) is 9.93. The fourth-order valence-electron chi connectivity index (χ4n) is 1.14. The second-order valence-corrected chi connectivity index (χ2v) is 3.26. The van der Waals surface area contributed by atoms with E-state index in [4.69, 9.17) is 5.11 Å². The molecule has 1 N–H and O–H groups in total. The number of methoxy groups -OCH3 is 2. The molecule has 0 bridgehead atoms. The van der Waals surface area contributed by atoms with Crippen LogP contribution in [0.1, 0.15) is 0 Å². The smallest absolute Gasteiger partial charge is 0.407 e. The summed E-state index contributed by atoms with van der Waals surface area (Å²) >= 11 is 0. The quantitative estimate of drug-likeness (QED) is 0.215. The lowest BCUT2D eigenvalue weighted by molar-refractivity contribution is -0.278. The number of carbonyl (C=O) groups is 2. The van der Waals surface area contributed by atoms with E-state index in [-0.39, 0.29) is 0 Å². The summed E-state index contributed by atoms with van der Waals surface area (Å²) in [6.07, 6.45) is -12.0. The summed E-state index contributed by atoms with van der Waals surface area (Å²) in [6.45, 7) is 0. The predicted molar refractivity (Wildman–Crippen MR) is 49.3 cm³/mol. The van der Waals surface area contributed by atoms with E-state index in [1.807, 2.05) is 0 Å². The third-order valence-electron chi connectivity index (χ3n) is 1.96. The van der Waals surface area contributed by atoms with Crippen molar-refractivity contribution in [2.24, 2.45) is 5.92 Å². The van der Waals surface area contributed by atoms with Crippen LogP contribution in [0.25, 0.3) is 0 Å². The van der Waals surface area contributed by atoms with Gasteiger partial charge >= 0.3 is 24.3 Å². The van der Waals surface area contributed by atoms with Crippen molar-refractivity contribution < 1.29 is 50.5 Å². The molecule has 20 heavy (non-hydrogen) atoms. The molecule has 0 fully saturated rings. The maximum absolute atomic E-state index is 12.3. The second kappa shape index (κ2) is 6.01. The van der Waals surface area contributed by atoms with E-state index >= 15 is 0 Å². The summed E-state index contributed by atoms with van der Waals surface area (Å²) in [5.74, 6) is -10.7. The summed E-state index contributed by atoms with van der Waals surface area (Å²) in [5, 5.41) is 9.08. The van der Waals surface area contributed by atoms with Gasteiger partial charge in [0.05, 0.1) is 14.2 Å². The highest BCUT2D eigenvalue weighted by Gasteiger charge is 2.60. The standard InChI is InChI=1S/C9H8F6O5/c1-19-6(17)3(7(18)20-2)4(16)5(8(10,11)12)9(13,14)15/h5,16H,1-2H3. The van der Waals surface area contributed by atoms with Gasteiger partial charge < -0.3 is 14.6 Å². The topological polar surface area (TPSA) is 72.8 Å². The summed E-state index contributed by atoms with van der Waals surface area (Å²) in [7, 11) is 1.18. The molecule has 0 aliphatic heterocycles. The number of rotatable bonds is 3. The van der Waals surface area contributed by atoms with Gasteiger partial charge in [-0.25, -0.2) is 9.59 Å². The average Bonchev–Trinajstić information content (AvgIpc) is 2.24. The van der Waals surface area contributed by atoms with E-state index in [1.54, 1.807) is 0 Å². The number of hydrogen-bond donors (Lipinski definition) is 1. The van der Waals surface area contributed by atoms with Gasteiger partial charge in [-0.15, -0.1) is 0 Å². The van der Waals surface area contributed by atoms with E-state index in [2.05, 4.69) is 9.47 Å². The second-order valence-electron chi connectivity index (χ2n) is 3.26. The number of alkyl halides is 6. The van der Waals surface area contributed by atoms with Crippen LogP contribution in [0.4, 0.5) is 26.3 Å². The van der Waals surface area contributed by atoms with Gasteiger partial charge in [-0.3, -0.25) is 0 Å². The van der Waals surface area contributed by atoms with Gasteiger partial charge in [0.15, 0.2) is 5.57 Å². The number of hydrogen-bond acceptors (Lipinski definition) is 5. The Bertz CT molecular complexity index is 390. The molecule has 0 spiro atoms. The first-order valence-electron chi connectivity index (χ1n) is 4.61. The largest absolute Gasteiger partial charge is 0.510 e. The molecule has 0 aliphatic rings. The Kier molecular flexibility index (Phi) is 5.43. The molecular formula is C9H8F6O5. The third kappa shape index (κ3) is 4.03. The molecule has 0 amide bonds. The Balaban J connectivity index is 6.14. The highest BCUT2D eigenvalue weighted by Crippen LogP contribution is 2.43. The van der Waals surface area contributed by atoms with Crippen LogP contribution in [0.3, 0.4) is 0 Å². The van der Waals surface area contributed by atoms with Crippen LogP contribution in [0, 0.1) is 5.92 Å². The first-order valence-corrected chi connectivity index (χ1v) is 4.61. The molecule has 0 aliphatic carbocycles. The molecule has 0 saturated carbocycles. The van der Waals surface area contributed by atoms with Gasteiger partial charge in [-0.2, -0.15) is 26.3 Å². The molecule has 0 aromatic heterocycles. The molecule has 0 heterocycles. The minimum atomic E-state index is -5.98. The molecule has 0 unspecified atom stereocenters. The molecule has 0 atom stereocenters. The molecule has 5 nitrogen and oxygen atoms in total. The molecule has 0 aromatic rings. The molecule has 0 rings (SSSR count). The lowest BCUT2D eigenvalue weighted by Gasteiger charge is -2.23. The molecule has 11 heteroatoms. The fraction of sp³-hybridized carbons (Fsp3) is 0.556. The molecule has 0 aromatic carbocycles. The number of aliphatic hydroxyl groups excluding tert-OH is 1. The van der Waals surface area contributed by atoms with Crippen LogP contribution in [-0.4, -0.2) is 43.6 Å². The van der Waals surface area contributed by atoms with Crippen molar-refractivity contribution in [3.8, 4) is 0 Å². The third-order valence-corrected chi connectivity index (χ3v) is 1.96. The predicted octanol–water partition coefficient (Wildman–Crippen LogP) is 1.89. The van der Waals surface area contributed by atoms with Gasteiger partial charge in [0, 0.05) is 0 Å². The van der Waals surface area contributed by atoms with Crippen molar-refractivity contribution in [3.63, 3.8) is 0 Å². The van der Waals surface area contributed by atoms with Crippen molar-refractivity contribution in [1.82, 2.24) is 0 Å². The van der Waals surface area contributed by atoms with Crippen molar-refractivity contribution in [1.29, 1.82) is 0 Å². The number of esters is 2. The normalized spacial score (nSPS) is 12.1. The van der Waals surface area contributed by atoms with Gasteiger partial charge in [-0.05, 0) is 0 Å². The zero-order chi connectivity index (χ0) is 16.3. The van der Waals surface area contributed by atoms with E-state index < -0.39 is 41.5 Å².